The Morgan fingerprint density at radius 2 is 1.58 bits per heavy atom. The number of aliphatic hydroxyl groups is 2. The van der Waals surface area contributed by atoms with Crippen LogP contribution in [0, 0.1) is 0 Å². The molecule has 2 saturated heterocycles. The van der Waals surface area contributed by atoms with Gasteiger partial charge in [-0.3, -0.25) is 28.0 Å². The van der Waals surface area contributed by atoms with E-state index in [2.05, 4.69) is 24.9 Å². The van der Waals surface area contributed by atoms with Crippen LogP contribution in [-0.4, -0.2) is 140 Å². The molecule has 0 saturated carbocycles. The number of hydrogen-bond donors (Lipinski definition) is 6. The van der Waals surface area contributed by atoms with Crippen LogP contribution in [0.2, 0.25) is 0 Å². The van der Waals surface area contributed by atoms with Crippen molar-refractivity contribution in [3.8, 4) is 0 Å². The zero-order valence-corrected chi connectivity index (χ0v) is 26.5. The zero-order chi connectivity index (χ0) is 34.6. The van der Waals surface area contributed by atoms with Crippen molar-refractivity contribution in [2.75, 3.05) is 65.3 Å². The number of aromatic amines is 1. The fourth-order valence-corrected chi connectivity index (χ4v) is 6.15. The average Bonchev–Trinajstić information content (AvgIpc) is 3.70. The van der Waals surface area contributed by atoms with E-state index in [0.717, 1.165) is 10.9 Å². The Labute approximate surface area is 270 Å². The maximum atomic E-state index is 13.3. The van der Waals surface area contributed by atoms with E-state index in [9.17, 15) is 29.3 Å². The van der Waals surface area contributed by atoms with E-state index >= 15 is 0 Å². The lowest BCUT2D eigenvalue weighted by molar-refractivity contribution is -0.0836. The number of rotatable bonds is 16. The number of anilines is 2. The molecule has 0 radical (unpaired) electrons. The van der Waals surface area contributed by atoms with Gasteiger partial charge in [0.25, 0.3) is 5.56 Å². The Morgan fingerprint density at radius 1 is 0.938 bits per heavy atom. The number of nitrogen functional groups attached to an aromatic ring is 2. The van der Waals surface area contributed by atoms with E-state index in [1.165, 1.54) is 25.1 Å². The summed E-state index contributed by atoms with van der Waals surface area (Å²) < 4.78 is 59.6. The second-order valence-electron chi connectivity index (χ2n) is 10.5. The smallest absolute Gasteiger partial charge is 0.394 e. The number of methoxy groups -OCH3 is 2. The summed E-state index contributed by atoms with van der Waals surface area (Å²) in [6.45, 7) is -1.22. The highest BCUT2D eigenvalue weighted by Gasteiger charge is 2.52. The van der Waals surface area contributed by atoms with Gasteiger partial charge in [-0.15, -0.1) is 0 Å². The molecule has 1 unspecified atom stereocenters. The third-order valence-electron chi connectivity index (χ3n) is 7.38. The number of fused-ring (bicyclic) bond motifs is 1. The van der Waals surface area contributed by atoms with Crippen LogP contribution in [0.25, 0.3) is 11.2 Å². The summed E-state index contributed by atoms with van der Waals surface area (Å²) in [7, 11) is -2.18. The van der Waals surface area contributed by atoms with E-state index in [0.29, 0.717) is 0 Å². The number of aromatic nitrogens is 7. The number of nitrogens with two attached hydrogens (primary N) is 2. The molecule has 9 atom stereocenters. The number of aliphatic hydroxyl groups excluding tert-OH is 2. The van der Waals surface area contributed by atoms with Gasteiger partial charge in [0.1, 0.15) is 43.0 Å². The number of phosphoric ester groups is 1. The molecule has 8 N–H and O–H groups in total. The summed E-state index contributed by atoms with van der Waals surface area (Å²) in [6, 6.07) is 0. The van der Waals surface area contributed by atoms with Gasteiger partial charge < -0.3 is 55.0 Å². The third-order valence-corrected chi connectivity index (χ3v) is 8.36. The van der Waals surface area contributed by atoms with Gasteiger partial charge in [-0.2, -0.15) is 9.97 Å². The molecule has 48 heavy (non-hydrogen) atoms. The average molecular weight is 706 g/mol. The predicted octanol–water partition coefficient (Wildman–Crippen LogP) is -3.35. The maximum Gasteiger partial charge on any atom is 0.472 e. The van der Waals surface area contributed by atoms with Gasteiger partial charge >= 0.3 is 13.5 Å². The lowest BCUT2D eigenvalue weighted by Gasteiger charge is -2.26. The van der Waals surface area contributed by atoms with E-state index in [4.69, 9.17) is 48.9 Å². The number of phosphoric acid groups is 1. The highest BCUT2D eigenvalue weighted by Crippen LogP contribution is 2.49. The van der Waals surface area contributed by atoms with Crippen molar-refractivity contribution in [2.24, 2.45) is 0 Å². The van der Waals surface area contributed by atoms with Crippen LogP contribution >= 0.6 is 7.82 Å². The number of imidazole rings is 1. The molecule has 5 heterocycles. The Bertz CT molecular complexity index is 1710. The summed E-state index contributed by atoms with van der Waals surface area (Å²) in [5.74, 6) is -0.494. The van der Waals surface area contributed by atoms with Gasteiger partial charge in [0.05, 0.1) is 46.0 Å². The molecule has 0 aliphatic carbocycles. The standard InChI is InChI=1S/C24H36N9O14P/c1-40-3-5-42-16-14(35)12(46-20(16)32-9-27-13-18(32)29-23(26)30-19(13)36)8-44-48(38,39)47-15-11(7-34)45-21(17(15)43-6-4-41-2)33-10-28-22(25)31-24(33)37/h9-12,14-17,20-21,34-35H,3-8H2,1-2H3,(H,38,39)(H2,25,31,37)(H3,26,29,30,36)/t11-,12-,14-,15-,16-,17-,20-,21-/m1/s1. The molecule has 2 fully saturated rings. The van der Waals surface area contributed by atoms with Crippen molar-refractivity contribution in [1.29, 1.82) is 0 Å². The first-order chi connectivity index (χ1) is 23.0. The fraction of sp³-hybridized carbons (Fsp3) is 0.667. The van der Waals surface area contributed by atoms with Crippen LogP contribution in [0.4, 0.5) is 11.9 Å². The summed E-state index contributed by atoms with van der Waals surface area (Å²) in [6.07, 6.45) is -8.08. The molecule has 3 aromatic rings. The molecule has 0 aromatic carbocycles. The van der Waals surface area contributed by atoms with E-state index in [-0.39, 0.29) is 49.5 Å². The first-order valence-corrected chi connectivity index (χ1v) is 15.9. The molecule has 24 heteroatoms. The number of nitrogens with zero attached hydrogens (tertiary/aromatic N) is 6. The Morgan fingerprint density at radius 3 is 2.25 bits per heavy atom. The van der Waals surface area contributed by atoms with E-state index in [1.54, 1.807) is 0 Å². The van der Waals surface area contributed by atoms with Crippen LogP contribution in [0.5, 0.6) is 0 Å². The predicted molar refractivity (Wildman–Crippen MR) is 158 cm³/mol. The Hall–Kier alpha value is -3.45. The van der Waals surface area contributed by atoms with Gasteiger partial charge in [0, 0.05) is 14.2 Å². The number of nitrogens with one attached hydrogen (secondary N) is 1. The molecule has 2 aliphatic rings. The largest absolute Gasteiger partial charge is 0.472 e. The molecular weight excluding hydrogens is 669 g/mol. The second-order valence-corrected chi connectivity index (χ2v) is 11.9. The molecule has 0 amide bonds. The van der Waals surface area contributed by atoms with Crippen molar-refractivity contribution in [3.05, 3.63) is 33.5 Å². The fourth-order valence-electron chi connectivity index (χ4n) is 5.19. The minimum Gasteiger partial charge on any atom is -0.394 e. The monoisotopic (exact) mass is 705 g/mol. The van der Waals surface area contributed by atoms with Gasteiger partial charge in [-0.25, -0.2) is 19.3 Å². The van der Waals surface area contributed by atoms with Gasteiger partial charge in [-0.05, 0) is 0 Å². The van der Waals surface area contributed by atoms with E-state index < -0.39 is 81.4 Å². The molecule has 23 nitrogen and oxygen atoms in total. The van der Waals surface area contributed by atoms with Crippen molar-refractivity contribution in [3.63, 3.8) is 0 Å². The summed E-state index contributed by atoms with van der Waals surface area (Å²) in [5, 5.41) is 21.2. The molecule has 3 aromatic heterocycles. The normalized spacial score (nSPS) is 28.7. The molecular formula is C24H36N9O14P. The van der Waals surface area contributed by atoms with Crippen molar-refractivity contribution in [1.82, 2.24) is 34.1 Å². The number of H-pyrrole nitrogens is 1. The molecule has 266 valence electrons. The maximum absolute atomic E-state index is 13.3. The molecule has 5 rings (SSSR count). The van der Waals surface area contributed by atoms with Gasteiger partial charge in [0.15, 0.2) is 23.6 Å². The van der Waals surface area contributed by atoms with Crippen molar-refractivity contribution in [2.45, 2.75) is 49.1 Å². The van der Waals surface area contributed by atoms with Gasteiger partial charge in [0.2, 0.25) is 11.9 Å². The zero-order valence-electron chi connectivity index (χ0n) is 25.6. The second kappa shape index (κ2) is 15.4. The molecule has 2 aliphatic heterocycles. The molecule has 0 bridgehead atoms. The summed E-state index contributed by atoms with van der Waals surface area (Å²) >= 11 is 0. The number of hydrogen-bond acceptors (Lipinski definition) is 19. The Balaban J connectivity index is 1.34. The van der Waals surface area contributed by atoms with Crippen LogP contribution in [0.1, 0.15) is 12.5 Å². The lowest BCUT2D eigenvalue weighted by Crippen LogP contribution is -2.40. The van der Waals surface area contributed by atoms with E-state index in [1.807, 2.05) is 0 Å². The first-order valence-electron chi connectivity index (χ1n) is 14.4. The van der Waals surface area contributed by atoms with Crippen LogP contribution in [0.3, 0.4) is 0 Å². The summed E-state index contributed by atoms with van der Waals surface area (Å²) in [5.41, 5.74) is 9.69. The van der Waals surface area contributed by atoms with Crippen LogP contribution in [0.15, 0.2) is 22.2 Å². The highest BCUT2D eigenvalue weighted by molar-refractivity contribution is 7.47. The van der Waals surface area contributed by atoms with Crippen molar-refractivity contribution >= 4 is 30.9 Å². The minimum atomic E-state index is -5.05. The van der Waals surface area contributed by atoms with Crippen molar-refractivity contribution < 1.29 is 57.1 Å². The topological polar surface area (TPSA) is 315 Å². The van der Waals surface area contributed by atoms with Crippen LogP contribution in [-0.2, 0) is 42.0 Å². The molecule has 0 spiro atoms. The first kappa shape index (κ1) is 35.8. The third kappa shape index (κ3) is 7.72. The van der Waals surface area contributed by atoms with Crippen LogP contribution < -0.4 is 22.7 Å². The quantitative estimate of drug-likeness (QED) is 0.0626. The highest BCUT2D eigenvalue weighted by atomic mass is 31.2. The Kier molecular flexibility index (Phi) is 11.5. The van der Waals surface area contributed by atoms with Gasteiger partial charge in [-0.1, -0.05) is 0 Å². The summed E-state index contributed by atoms with van der Waals surface area (Å²) in [4.78, 5) is 53.5. The SMILES string of the molecule is COCCO[C@@H]1[C@H](OP(=O)(O)OC[C@H]2O[C@@H](n3cnc4c(=O)[nH]c(N)nc43)[C@H](OCCOC)[C@@H]2O)[C@@H](CO)O[C@H]1n1cnc(N)nc1=O. The number of ether oxygens (including phenoxy) is 6. The lowest BCUT2D eigenvalue weighted by atomic mass is 10.1. The minimum absolute atomic E-state index is 0.0219.